The number of thioether (sulfide) groups is 1. The van der Waals surface area contributed by atoms with E-state index in [1.807, 2.05) is 30.0 Å². The molecule has 0 radical (unpaired) electrons. The van der Waals surface area contributed by atoms with E-state index in [4.69, 9.17) is 0 Å². The molecule has 0 saturated heterocycles. The van der Waals surface area contributed by atoms with Gasteiger partial charge in [-0.05, 0) is 36.4 Å². The summed E-state index contributed by atoms with van der Waals surface area (Å²) < 4.78 is 0. The van der Waals surface area contributed by atoms with Gasteiger partial charge in [0.1, 0.15) is 5.82 Å². The van der Waals surface area contributed by atoms with Crippen LogP contribution in [0.1, 0.15) is 26.2 Å². The number of hydrogen-bond acceptors (Lipinski definition) is 2. The van der Waals surface area contributed by atoms with Crippen molar-refractivity contribution in [2.75, 3.05) is 5.75 Å². The molecule has 2 aromatic carbocycles. The SMILES string of the molecule is CCCCCSc1ccc(-c2nc3ccccc3[nH]2)cc1. The molecule has 21 heavy (non-hydrogen) atoms. The number of unbranched alkanes of at least 4 members (excludes halogenated alkanes) is 2. The highest BCUT2D eigenvalue weighted by molar-refractivity contribution is 7.99. The van der Waals surface area contributed by atoms with E-state index >= 15 is 0 Å². The van der Waals surface area contributed by atoms with Gasteiger partial charge < -0.3 is 4.98 Å². The predicted octanol–water partition coefficient (Wildman–Crippen LogP) is 5.51. The van der Waals surface area contributed by atoms with Gasteiger partial charge in [-0.3, -0.25) is 0 Å². The lowest BCUT2D eigenvalue weighted by atomic mass is 10.2. The van der Waals surface area contributed by atoms with Crippen LogP contribution in [0.2, 0.25) is 0 Å². The second-order valence-electron chi connectivity index (χ2n) is 5.18. The lowest BCUT2D eigenvalue weighted by Crippen LogP contribution is -1.82. The zero-order valence-corrected chi connectivity index (χ0v) is 13.1. The summed E-state index contributed by atoms with van der Waals surface area (Å²) in [5.41, 5.74) is 3.25. The second-order valence-corrected chi connectivity index (χ2v) is 6.35. The van der Waals surface area contributed by atoms with Gasteiger partial charge in [0.2, 0.25) is 0 Å². The van der Waals surface area contributed by atoms with E-state index < -0.39 is 0 Å². The van der Waals surface area contributed by atoms with E-state index in [2.05, 4.69) is 47.2 Å². The topological polar surface area (TPSA) is 28.7 Å². The number of benzene rings is 2. The highest BCUT2D eigenvalue weighted by Gasteiger charge is 2.04. The monoisotopic (exact) mass is 296 g/mol. The summed E-state index contributed by atoms with van der Waals surface area (Å²) in [6.07, 6.45) is 3.90. The van der Waals surface area contributed by atoms with Gasteiger partial charge >= 0.3 is 0 Å². The molecule has 0 saturated carbocycles. The Balaban J connectivity index is 1.71. The third-order valence-electron chi connectivity index (χ3n) is 3.53. The summed E-state index contributed by atoms with van der Waals surface area (Å²) in [6.45, 7) is 2.24. The van der Waals surface area contributed by atoms with Gasteiger partial charge in [0.25, 0.3) is 0 Å². The standard InChI is InChI=1S/C18H20N2S/c1-2-3-6-13-21-15-11-9-14(10-12-15)18-19-16-7-4-5-8-17(16)20-18/h4-5,7-12H,2-3,6,13H2,1H3,(H,19,20). The van der Waals surface area contributed by atoms with Gasteiger partial charge in [-0.1, -0.05) is 44.0 Å². The average molecular weight is 296 g/mol. The Morgan fingerprint density at radius 3 is 2.57 bits per heavy atom. The van der Waals surface area contributed by atoms with Crippen LogP contribution >= 0.6 is 11.8 Å². The van der Waals surface area contributed by atoms with Gasteiger partial charge in [-0.2, -0.15) is 0 Å². The van der Waals surface area contributed by atoms with E-state index in [0.29, 0.717) is 0 Å². The number of para-hydroxylation sites is 2. The third kappa shape index (κ3) is 3.48. The lowest BCUT2D eigenvalue weighted by molar-refractivity contribution is 0.778. The van der Waals surface area contributed by atoms with Crippen molar-refractivity contribution in [3.8, 4) is 11.4 Å². The molecule has 2 nitrogen and oxygen atoms in total. The van der Waals surface area contributed by atoms with Gasteiger partial charge in [-0.15, -0.1) is 11.8 Å². The molecule has 0 spiro atoms. The number of aromatic nitrogens is 2. The van der Waals surface area contributed by atoms with Crippen LogP contribution in [0.25, 0.3) is 22.4 Å². The van der Waals surface area contributed by atoms with Gasteiger partial charge in [0.05, 0.1) is 11.0 Å². The molecule has 3 aromatic rings. The normalized spacial score (nSPS) is 11.1. The molecule has 1 aromatic heterocycles. The summed E-state index contributed by atoms with van der Waals surface area (Å²) in [5.74, 6) is 2.15. The minimum absolute atomic E-state index is 0.943. The number of aromatic amines is 1. The highest BCUT2D eigenvalue weighted by atomic mass is 32.2. The molecule has 0 fully saturated rings. The molecule has 0 bridgehead atoms. The molecule has 0 aliphatic carbocycles. The van der Waals surface area contributed by atoms with Crippen molar-refractivity contribution in [3.63, 3.8) is 0 Å². The molecule has 1 N–H and O–H groups in total. The molecule has 1 heterocycles. The molecular formula is C18H20N2S. The number of hydrogen-bond donors (Lipinski definition) is 1. The van der Waals surface area contributed by atoms with Crippen LogP contribution in [-0.2, 0) is 0 Å². The smallest absolute Gasteiger partial charge is 0.138 e. The Morgan fingerprint density at radius 1 is 1.00 bits per heavy atom. The number of nitrogens with zero attached hydrogens (tertiary/aromatic N) is 1. The second kappa shape index (κ2) is 6.81. The molecule has 108 valence electrons. The first-order valence-corrected chi connectivity index (χ1v) is 8.53. The van der Waals surface area contributed by atoms with Crippen LogP contribution in [0.3, 0.4) is 0 Å². The maximum Gasteiger partial charge on any atom is 0.138 e. The van der Waals surface area contributed by atoms with Crippen LogP contribution in [0.5, 0.6) is 0 Å². The number of rotatable bonds is 6. The lowest BCUT2D eigenvalue weighted by Gasteiger charge is -2.02. The minimum Gasteiger partial charge on any atom is -0.338 e. The summed E-state index contributed by atoms with van der Waals surface area (Å²) in [4.78, 5) is 9.35. The first kappa shape index (κ1) is 14.2. The number of imidazole rings is 1. The quantitative estimate of drug-likeness (QED) is 0.480. The Morgan fingerprint density at radius 2 is 1.81 bits per heavy atom. The zero-order valence-electron chi connectivity index (χ0n) is 12.3. The van der Waals surface area contributed by atoms with Crippen molar-refractivity contribution >= 4 is 22.8 Å². The number of fused-ring (bicyclic) bond motifs is 1. The van der Waals surface area contributed by atoms with Crippen molar-refractivity contribution in [1.82, 2.24) is 9.97 Å². The average Bonchev–Trinajstić information content (AvgIpc) is 2.96. The van der Waals surface area contributed by atoms with Crippen molar-refractivity contribution in [1.29, 1.82) is 0 Å². The third-order valence-corrected chi connectivity index (χ3v) is 4.63. The maximum atomic E-state index is 4.64. The van der Waals surface area contributed by atoms with E-state index in [0.717, 1.165) is 22.4 Å². The van der Waals surface area contributed by atoms with Gasteiger partial charge in [0, 0.05) is 10.5 Å². The fourth-order valence-electron chi connectivity index (χ4n) is 2.34. The molecule has 0 amide bonds. The van der Waals surface area contributed by atoms with Gasteiger partial charge in [0.15, 0.2) is 0 Å². The van der Waals surface area contributed by atoms with Crippen molar-refractivity contribution in [2.24, 2.45) is 0 Å². The van der Waals surface area contributed by atoms with Crippen molar-refractivity contribution in [3.05, 3.63) is 48.5 Å². The number of nitrogens with one attached hydrogen (secondary N) is 1. The van der Waals surface area contributed by atoms with Crippen LogP contribution in [0.4, 0.5) is 0 Å². The molecule has 0 atom stereocenters. The Kier molecular flexibility index (Phi) is 4.61. The maximum absolute atomic E-state index is 4.64. The van der Waals surface area contributed by atoms with E-state index in [-0.39, 0.29) is 0 Å². The van der Waals surface area contributed by atoms with E-state index in [1.54, 1.807) is 0 Å². The first-order chi connectivity index (χ1) is 10.4. The fourth-order valence-corrected chi connectivity index (χ4v) is 3.25. The van der Waals surface area contributed by atoms with Crippen LogP contribution in [0.15, 0.2) is 53.4 Å². The Hall–Kier alpha value is -1.74. The zero-order chi connectivity index (χ0) is 14.5. The molecule has 0 unspecified atom stereocenters. The fraction of sp³-hybridized carbons (Fsp3) is 0.278. The molecule has 3 heteroatoms. The molecule has 3 rings (SSSR count). The first-order valence-electron chi connectivity index (χ1n) is 7.55. The summed E-state index contributed by atoms with van der Waals surface area (Å²) >= 11 is 1.94. The molecule has 0 aliphatic rings. The van der Waals surface area contributed by atoms with Gasteiger partial charge in [-0.25, -0.2) is 4.98 Å². The number of H-pyrrole nitrogens is 1. The Labute approximate surface area is 130 Å². The summed E-state index contributed by atoms with van der Waals surface area (Å²) in [5, 5.41) is 0. The Bertz CT molecular complexity index is 668. The minimum atomic E-state index is 0.943. The predicted molar refractivity (Wildman–Crippen MR) is 91.8 cm³/mol. The van der Waals surface area contributed by atoms with Crippen molar-refractivity contribution in [2.45, 2.75) is 31.1 Å². The van der Waals surface area contributed by atoms with Crippen molar-refractivity contribution < 1.29 is 0 Å². The molecular weight excluding hydrogens is 276 g/mol. The highest BCUT2D eigenvalue weighted by Crippen LogP contribution is 2.25. The molecule has 0 aliphatic heterocycles. The summed E-state index contributed by atoms with van der Waals surface area (Å²) in [7, 11) is 0. The van der Waals surface area contributed by atoms with Crippen LogP contribution in [0, 0.1) is 0 Å². The largest absolute Gasteiger partial charge is 0.338 e. The van der Waals surface area contributed by atoms with E-state index in [9.17, 15) is 0 Å². The van der Waals surface area contributed by atoms with E-state index in [1.165, 1.54) is 29.9 Å². The summed E-state index contributed by atoms with van der Waals surface area (Å²) in [6, 6.07) is 16.8. The van der Waals surface area contributed by atoms with Crippen LogP contribution < -0.4 is 0 Å². The van der Waals surface area contributed by atoms with Crippen LogP contribution in [-0.4, -0.2) is 15.7 Å².